The standard InChI is InChI=1S/C17H20O8/c1-9-7-17(24,16(22)23)8-13(15(9)21)25-14(20)5-3-10-2-4-11(18)12(19)6-10/h2-6,9,13,15,18-19,21,24H,7-8H2,1H3,(H,22,23)/b5-3+/t9-,13-,15+,17-/m1/s1. The van der Waals surface area contributed by atoms with Gasteiger partial charge in [0.2, 0.25) is 0 Å². The Bertz CT molecular complexity index is 698. The molecule has 0 amide bonds. The SMILES string of the molecule is C[C@@H]1C[C@](O)(C(=O)O)C[C@@H](OC(=O)/C=C/c2ccc(O)c(O)c2)[C@H]1O. The summed E-state index contributed by atoms with van der Waals surface area (Å²) >= 11 is 0. The number of carbonyl (C=O) groups excluding carboxylic acids is 1. The molecule has 25 heavy (non-hydrogen) atoms. The molecule has 4 atom stereocenters. The first-order chi connectivity index (χ1) is 11.6. The van der Waals surface area contributed by atoms with Gasteiger partial charge in [-0.15, -0.1) is 0 Å². The molecule has 0 bridgehead atoms. The van der Waals surface area contributed by atoms with Crippen molar-refractivity contribution in [3.05, 3.63) is 29.8 Å². The first-order valence-electron chi connectivity index (χ1n) is 7.67. The van der Waals surface area contributed by atoms with Crippen LogP contribution in [0.4, 0.5) is 0 Å². The molecule has 5 N–H and O–H groups in total. The highest BCUT2D eigenvalue weighted by molar-refractivity contribution is 5.87. The first-order valence-corrected chi connectivity index (χ1v) is 7.67. The number of carboxylic acid groups (broad SMARTS) is 1. The van der Waals surface area contributed by atoms with Crippen molar-refractivity contribution in [2.45, 2.75) is 37.6 Å². The summed E-state index contributed by atoms with van der Waals surface area (Å²) in [5, 5.41) is 47.9. The van der Waals surface area contributed by atoms with Crippen molar-refractivity contribution in [3.63, 3.8) is 0 Å². The molecule has 0 unspecified atom stereocenters. The van der Waals surface area contributed by atoms with Gasteiger partial charge in [0.15, 0.2) is 17.1 Å². The third-order valence-electron chi connectivity index (χ3n) is 4.24. The summed E-state index contributed by atoms with van der Waals surface area (Å²) in [6, 6.07) is 3.94. The molecule has 8 nitrogen and oxygen atoms in total. The Morgan fingerprint density at radius 3 is 2.52 bits per heavy atom. The highest BCUT2D eigenvalue weighted by atomic mass is 16.6. The number of carboxylic acids is 1. The maximum Gasteiger partial charge on any atom is 0.335 e. The van der Waals surface area contributed by atoms with E-state index in [0.717, 1.165) is 6.08 Å². The molecule has 1 aromatic carbocycles. The van der Waals surface area contributed by atoms with E-state index in [1.807, 2.05) is 0 Å². The molecule has 1 saturated carbocycles. The lowest BCUT2D eigenvalue weighted by atomic mass is 9.75. The van der Waals surface area contributed by atoms with Crippen LogP contribution in [0.5, 0.6) is 11.5 Å². The van der Waals surface area contributed by atoms with Gasteiger partial charge < -0.3 is 30.3 Å². The quantitative estimate of drug-likeness (QED) is 0.301. The largest absolute Gasteiger partial charge is 0.504 e. The predicted octanol–water partition coefficient (Wildman–Crippen LogP) is 0.629. The maximum atomic E-state index is 11.9. The predicted molar refractivity (Wildman–Crippen MR) is 85.7 cm³/mol. The van der Waals surface area contributed by atoms with Gasteiger partial charge in [0.1, 0.15) is 6.10 Å². The molecule has 0 radical (unpaired) electrons. The number of hydrogen-bond donors (Lipinski definition) is 5. The summed E-state index contributed by atoms with van der Waals surface area (Å²) in [6.45, 7) is 1.56. The molecule has 1 aromatic rings. The van der Waals surface area contributed by atoms with E-state index in [0.29, 0.717) is 5.56 Å². The van der Waals surface area contributed by atoms with Crippen molar-refractivity contribution in [1.82, 2.24) is 0 Å². The summed E-state index contributed by atoms with van der Waals surface area (Å²) in [4.78, 5) is 23.1. The molecular weight excluding hydrogens is 332 g/mol. The van der Waals surface area contributed by atoms with Crippen LogP contribution >= 0.6 is 0 Å². The molecule has 1 fully saturated rings. The number of phenols is 2. The van der Waals surface area contributed by atoms with E-state index in [2.05, 4.69) is 0 Å². The Morgan fingerprint density at radius 2 is 1.92 bits per heavy atom. The van der Waals surface area contributed by atoms with Crippen LogP contribution in [0.2, 0.25) is 0 Å². The highest BCUT2D eigenvalue weighted by Gasteiger charge is 2.49. The minimum Gasteiger partial charge on any atom is -0.504 e. The van der Waals surface area contributed by atoms with E-state index < -0.39 is 42.1 Å². The van der Waals surface area contributed by atoms with E-state index in [4.69, 9.17) is 9.84 Å². The fourth-order valence-electron chi connectivity index (χ4n) is 2.84. The third kappa shape index (κ3) is 4.28. The molecule has 0 aliphatic heterocycles. The zero-order chi connectivity index (χ0) is 18.8. The van der Waals surface area contributed by atoms with Gasteiger partial charge in [0.05, 0.1) is 6.10 Å². The fourth-order valence-corrected chi connectivity index (χ4v) is 2.84. The molecule has 0 spiro atoms. The summed E-state index contributed by atoms with van der Waals surface area (Å²) in [7, 11) is 0. The van der Waals surface area contributed by atoms with Crippen molar-refractivity contribution >= 4 is 18.0 Å². The second-order valence-corrected chi connectivity index (χ2v) is 6.27. The fraction of sp³-hybridized carbons (Fsp3) is 0.412. The number of benzene rings is 1. The van der Waals surface area contributed by atoms with Crippen LogP contribution in [0.15, 0.2) is 24.3 Å². The van der Waals surface area contributed by atoms with Gasteiger partial charge in [-0.05, 0) is 36.1 Å². The van der Waals surface area contributed by atoms with Crippen molar-refractivity contribution < 1.29 is 39.9 Å². The Labute approximate surface area is 143 Å². The van der Waals surface area contributed by atoms with Crippen LogP contribution < -0.4 is 0 Å². The minimum absolute atomic E-state index is 0.139. The van der Waals surface area contributed by atoms with Crippen molar-refractivity contribution in [3.8, 4) is 11.5 Å². The van der Waals surface area contributed by atoms with E-state index in [9.17, 15) is 30.0 Å². The maximum absolute atomic E-state index is 11.9. The van der Waals surface area contributed by atoms with Crippen molar-refractivity contribution in [1.29, 1.82) is 0 Å². The normalized spacial score (nSPS) is 29.5. The lowest BCUT2D eigenvalue weighted by molar-refractivity contribution is -0.187. The number of hydrogen-bond acceptors (Lipinski definition) is 7. The molecule has 0 aromatic heterocycles. The molecule has 1 aliphatic carbocycles. The highest BCUT2D eigenvalue weighted by Crippen LogP contribution is 2.34. The Morgan fingerprint density at radius 1 is 1.24 bits per heavy atom. The lowest BCUT2D eigenvalue weighted by Crippen LogP contribution is -2.54. The number of carbonyl (C=O) groups is 2. The van der Waals surface area contributed by atoms with Crippen LogP contribution in [-0.4, -0.2) is 55.3 Å². The van der Waals surface area contributed by atoms with Gasteiger partial charge in [-0.1, -0.05) is 13.0 Å². The molecule has 0 saturated heterocycles. The first kappa shape index (κ1) is 18.8. The van der Waals surface area contributed by atoms with Crippen LogP contribution in [-0.2, 0) is 14.3 Å². The Kier molecular flexibility index (Phi) is 5.34. The van der Waals surface area contributed by atoms with Gasteiger partial charge >= 0.3 is 11.9 Å². The van der Waals surface area contributed by atoms with Gasteiger partial charge in [-0.2, -0.15) is 0 Å². The Hall–Kier alpha value is -2.58. The summed E-state index contributed by atoms with van der Waals surface area (Å²) in [5.41, 5.74) is -1.64. The number of aliphatic hydroxyl groups excluding tert-OH is 1. The number of ether oxygens (including phenoxy) is 1. The van der Waals surface area contributed by atoms with Crippen LogP contribution in [0.3, 0.4) is 0 Å². The van der Waals surface area contributed by atoms with Crippen LogP contribution in [0.25, 0.3) is 6.08 Å². The van der Waals surface area contributed by atoms with Crippen LogP contribution in [0.1, 0.15) is 25.3 Å². The minimum atomic E-state index is -2.06. The van der Waals surface area contributed by atoms with Gasteiger partial charge in [-0.25, -0.2) is 9.59 Å². The molecule has 8 heteroatoms. The zero-order valence-electron chi connectivity index (χ0n) is 13.5. The topological polar surface area (TPSA) is 145 Å². The van der Waals surface area contributed by atoms with Crippen molar-refractivity contribution in [2.75, 3.05) is 0 Å². The van der Waals surface area contributed by atoms with Gasteiger partial charge in [0, 0.05) is 12.5 Å². The average molecular weight is 352 g/mol. The number of phenolic OH excluding ortho intramolecular Hbond substituents is 2. The molecule has 136 valence electrons. The average Bonchev–Trinajstić information content (AvgIpc) is 2.53. The monoisotopic (exact) mass is 352 g/mol. The molecule has 0 heterocycles. The summed E-state index contributed by atoms with van der Waals surface area (Å²) in [6.07, 6.45) is -0.431. The lowest BCUT2D eigenvalue weighted by Gasteiger charge is -2.39. The van der Waals surface area contributed by atoms with E-state index >= 15 is 0 Å². The van der Waals surface area contributed by atoms with E-state index in [-0.39, 0.29) is 17.9 Å². The molecular formula is C17H20O8. The number of aliphatic carboxylic acids is 1. The molecule has 1 aliphatic rings. The molecule has 2 rings (SSSR count). The van der Waals surface area contributed by atoms with E-state index in [1.54, 1.807) is 6.92 Å². The third-order valence-corrected chi connectivity index (χ3v) is 4.24. The summed E-state index contributed by atoms with van der Waals surface area (Å²) < 4.78 is 5.08. The van der Waals surface area contributed by atoms with Crippen molar-refractivity contribution in [2.24, 2.45) is 5.92 Å². The number of rotatable bonds is 4. The number of aromatic hydroxyl groups is 2. The van der Waals surface area contributed by atoms with E-state index in [1.165, 1.54) is 24.3 Å². The number of aliphatic hydroxyl groups is 2. The van der Waals surface area contributed by atoms with Gasteiger partial charge in [-0.3, -0.25) is 0 Å². The van der Waals surface area contributed by atoms with Gasteiger partial charge in [0.25, 0.3) is 0 Å². The second-order valence-electron chi connectivity index (χ2n) is 6.27. The second kappa shape index (κ2) is 7.12. The Balaban J connectivity index is 2.06. The number of esters is 1. The van der Waals surface area contributed by atoms with Crippen LogP contribution in [0, 0.1) is 5.92 Å². The zero-order valence-corrected chi connectivity index (χ0v) is 13.5. The summed E-state index contributed by atoms with van der Waals surface area (Å²) in [5.74, 6) is -3.47. The smallest absolute Gasteiger partial charge is 0.335 e.